The molecule has 2 aliphatic carbocycles. The SMILES string of the molecule is CC(=O)O[C@H]1C[C@@H](C)[C@](C)([C@@H]2C[C@H]3C=CO[C@H]3O2)[C@H]2C[C@H]3C[C@]4(CO4)[C@]12C(O)O3. The third-order valence-corrected chi connectivity index (χ3v) is 9.23. The number of rotatable bonds is 2. The molecule has 0 radical (unpaired) electrons. The number of carbonyl (C=O) groups is 1. The lowest BCUT2D eigenvalue weighted by Gasteiger charge is -2.68. The summed E-state index contributed by atoms with van der Waals surface area (Å²) in [4.78, 5) is 12.0. The fraction of sp³-hybridized carbons (Fsp3) is 0.864. The van der Waals surface area contributed by atoms with Crippen LogP contribution >= 0.6 is 0 Å². The highest BCUT2D eigenvalue weighted by molar-refractivity contribution is 5.66. The Morgan fingerprint density at radius 3 is 2.72 bits per heavy atom. The van der Waals surface area contributed by atoms with E-state index in [1.165, 1.54) is 6.92 Å². The predicted molar refractivity (Wildman–Crippen MR) is 99.2 cm³/mol. The van der Waals surface area contributed by atoms with E-state index in [0.29, 0.717) is 13.0 Å². The van der Waals surface area contributed by atoms with Crippen molar-refractivity contribution in [3.8, 4) is 0 Å². The molecule has 2 spiro atoms. The monoisotopic (exact) mass is 406 g/mol. The zero-order valence-electron chi connectivity index (χ0n) is 17.2. The Bertz CT molecular complexity index is 762. The van der Waals surface area contributed by atoms with Gasteiger partial charge in [0.05, 0.1) is 30.5 Å². The number of hydrogen-bond acceptors (Lipinski definition) is 7. The first-order chi connectivity index (χ1) is 13.8. The van der Waals surface area contributed by atoms with Gasteiger partial charge in [0.25, 0.3) is 0 Å². The highest BCUT2D eigenvalue weighted by Crippen LogP contribution is 2.73. The maximum atomic E-state index is 12.0. The van der Waals surface area contributed by atoms with Crippen LogP contribution in [0, 0.1) is 28.6 Å². The van der Waals surface area contributed by atoms with Gasteiger partial charge in [-0.05, 0) is 37.2 Å². The molecule has 7 heteroatoms. The van der Waals surface area contributed by atoms with Crippen LogP contribution < -0.4 is 0 Å². The first-order valence-corrected chi connectivity index (χ1v) is 10.9. The van der Waals surface area contributed by atoms with Crippen LogP contribution in [0.3, 0.4) is 0 Å². The fourth-order valence-electron chi connectivity index (χ4n) is 7.70. The van der Waals surface area contributed by atoms with Crippen molar-refractivity contribution in [2.45, 2.75) is 82.9 Å². The fourth-order valence-corrected chi connectivity index (χ4v) is 7.70. The van der Waals surface area contributed by atoms with E-state index in [0.717, 1.165) is 19.3 Å². The Morgan fingerprint density at radius 2 is 2.03 bits per heavy atom. The Hall–Kier alpha value is -1.15. The Balaban J connectivity index is 1.46. The molecule has 7 nitrogen and oxygen atoms in total. The Kier molecular flexibility index (Phi) is 3.69. The molecule has 6 fully saturated rings. The number of esters is 1. The van der Waals surface area contributed by atoms with Gasteiger partial charge >= 0.3 is 5.97 Å². The molecule has 7 rings (SSSR count). The van der Waals surface area contributed by atoms with Crippen molar-refractivity contribution in [2.75, 3.05) is 6.61 Å². The molecule has 2 saturated carbocycles. The molecule has 0 amide bonds. The van der Waals surface area contributed by atoms with Crippen LogP contribution in [0.4, 0.5) is 0 Å². The van der Waals surface area contributed by atoms with E-state index in [1.807, 2.05) is 0 Å². The first kappa shape index (κ1) is 18.6. The van der Waals surface area contributed by atoms with Crippen molar-refractivity contribution in [1.29, 1.82) is 0 Å². The molecule has 29 heavy (non-hydrogen) atoms. The number of epoxide rings is 1. The standard InChI is InChI=1S/C22H30O7/c1-11-6-17(27-12(2)23)22-15(8-14(28-19(22)24)9-21(22)10-26-21)20(11,3)16-7-13-4-5-25-18(13)29-16/h4-5,11,13-19,24H,6-10H2,1-3H3/t11-,13-,14+,15-,16+,17+,18+,19?,20+,21+,22+/m1/s1. The number of aliphatic hydroxyl groups is 1. The second-order valence-electron chi connectivity index (χ2n) is 10.3. The maximum Gasteiger partial charge on any atom is 0.302 e. The van der Waals surface area contributed by atoms with Gasteiger partial charge in [0.1, 0.15) is 11.7 Å². The molecule has 0 aromatic heterocycles. The molecule has 4 saturated heterocycles. The summed E-state index contributed by atoms with van der Waals surface area (Å²) >= 11 is 0. The van der Waals surface area contributed by atoms with Gasteiger partial charge in [-0.15, -0.1) is 0 Å². The zero-order chi connectivity index (χ0) is 20.2. The molecule has 1 N–H and O–H groups in total. The van der Waals surface area contributed by atoms with E-state index in [1.54, 1.807) is 6.26 Å². The van der Waals surface area contributed by atoms with E-state index < -0.39 is 23.4 Å². The smallest absolute Gasteiger partial charge is 0.302 e. The summed E-state index contributed by atoms with van der Waals surface area (Å²) in [6.07, 6.45) is 5.31. The number of hydrogen-bond donors (Lipinski definition) is 1. The molecular weight excluding hydrogens is 376 g/mol. The third kappa shape index (κ3) is 2.15. The third-order valence-electron chi connectivity index (χ3n) is 9.23. The van der Waals surface area contributed by atoms with Crippen LogP contribution in [-0.4, -0.2) is 54.2 Å². The van der Waals surface area contributed by atoms with Gasteiger partial charge in [0, 0.05) is 24.7 Å². The van der Waals surface area contributed by atoms with Crippen LogP contribution in [0.5, 0.6) is 0 Å². The van der Waals surface area contributed by atoms with E-state index >= 15 is 0 Å². The molecule has 0 aromatic carbocycles. The minimum Gasteiger partial charge on any atom is -0.472 e. The lowest BCUT2D eigenvalue weighted by atomic mass is 9.40. The van der Waals surface area contributed by atoms with Crippen molar-refractivity contribution < 1.29 is 33.6 Å². The van der Waals surface area contributed by atoms with Crippen LogP contribution in [0.1, 0.15) is 46.5 Å². The van der Waals surface area contributed by atoms with Crippen LogP contribution in [-0.2, 0) is 28.5 Å². The second-order valence-corrected chi connectivity index (χ2v) is 10.3. The zero-order valence-corrected chi connectivity index (χ0v) is 17.2. The molecule has 11 atom stereocenters. The lowest BCUT2D eigenvalue weighted by molar-refractivity contribution is -0.375. The van der Waals surface area contributed by atoms with E-state index in [2.05, 4.69) is 19.9 Å². The molecule has 7 aliphatic rings. The van der Waals surface area contributed by atoms with Crippen LogP contribution in [0.15, 0.2) is 12.3 Å². The van der Waals surface area contributed by atoms with E-state index in [4.69, 9.17) is 23.7 Å². The molecular formula is C22H30O7. The van der Waals surface area contributed by atoms with E-state index in [-0.39, 0.29) is 47.6 Å². The summed E-state index contributed by atoms with van der Waals surface area (Å²) in [7, 11) is 0. The number of carbonyl (C=O) groups excluding carboxylic acids is 1. The summed E-state index contributed by atoms with van der Waals surface area (Å²) in [6.45, 7) is 6.56. The molecule has 5 heterocycles. The van der Waals surface area contributed by atoms with Gasteiger partial charge < -0.3 is 28.8 Å². The predicted octanol–water partition coefficient (Wildman–Crippen LogP) is 2.12. The molecule has 1 unspecified atom stereocenters. The van der Waals surface area contributed by atoms with Crippen LogP contribution in [0.2, 0.25) is 0 Å². The van der Waals surface area contributed by atoms with Crippen molar-refractivity contribution in [3.63, 3.8) is 0 Å². The van der Waals surface area contributed by atoms with Crippen molar-refractivity contribution in [3.05, 3.63) is 12.3 Å². The number of aliphatic hydroxyl groups excluding tert-OH is 1. The average molecular weight is 406 g/mol. The average Bonchev–Trinajstić information content (AvgIpc) is 3.09. The van der Waals surface area contributed by atoms with Gasteiger partial charge in [-0.1, -0.05) is 13.8 Å². The Morgan fingerprint density at radius 1 is 1.24 bits per heavy atom. The van der Waals surface area contributed by atoms with Crippen molar-refractivity contribution >= 4 is 5.97 Å². The topological polar surface area (TPSA) is 86.8 Å². The second kappa shape index (κ2) is 5.75. The minimum absolute atomic E-state index is 0.0138. The quantitative estimate of drug-likeness (QED) is 0.555. The van der Waals surface area contributed by atoms with Gasteiger partial charge in [-0.25, -0.2) is 0 Å². The van der Waals surface area contributed by atoms with Crippen molar-refractivity contribution in [1.82, 2.24) is 0 Å². The Labute approximate surface area is 170 Å². The first-order valence-electron chi connectivity index (χ1n) is 10.9. The lowest BCUT2D eigenvalue weighted by Crippen LogP contribution is -2.76. The number of fused-ring (bicyclic) bond motifs is 2. The van der Waals surface area contributed by atoms with Gasteiger partial charge in [-0.2, -0.15) is 0 Å². The van der Waals surface area contributed by atoms with Gasteiger partial charge in [0.15, 0.2) is 6.29 Å². The van der Waals surface area contributed by atoms with Gasteiger partial charge in [0.2, 0.25) is 6.29 Å². The van der Waals surface area contributed by atoms with Crippen molar-refractivity contribution in [2.24, 2.45) is 28.6 Å². The normalized spacial score (nSPS) is 59.3. The summed E-state index contributed by atoms with van der Waals surface area (Å²) in [6, 6.07) is 0. The van der Waals surface area contributed by atoms with Gasteiger partial charge in [-0.3, -0.25) is 4.79 Å². The summed E-state index contributed by atoms with van der Waals surface area (Å²) in [5, 5.41) is 11.3. The van der Waals surface area contributed by atoms with Crippen LogP contribution in [0.25, 0.3) is 0 Å². The molecule has 0 aromatic rings. The number of ether oxygens (including phenoxy) is 5. The summed E-state index contributed by atoms with van der Waals surface area (Å²) < 4.78 is 30.1. The highest BCUT2D eigenvalue weighted by Gasteiger charge is 2.82. The largest absolute Gasteiger partial charge is 0.472 e. The van der Waals surface area contributed by atoms with E-state index in [9.17, 15) is 9.90 Å². The molecule has 2 bridgehead atoms. The minimum atomic E-state index is -1.00. The molecule has 5 aliphatic heterocycles. The molecule has 160 valence electrons. The highest BCUT2D eigenvalue weighted by atomic mass is 16.7. The summed E-state index contributed by atoms with van der Waals surface area (Å²) in [5.74, 6) is 0.276. The summed E-state index contributed by atoms with van der Waals surface area (Å²) in [5.41, 5.74) is -1.43. The maximum absolute atomic E-state index is 12.0.